The number of esters is 1. The summed E-state index contributed by atoms with van der Waals surface area (Å²) in [6.07, 6.45) is 1.93. The SMILES string of the molecule is CCOC(=O)c1noc(C2CCNCC2)n1. The number of nitrogens with zero attached hydrogens (tertiary/aromatic N) is 2. The zero-order valence-corrected chi connectivity index (χ0v) is 9.23. The number of nitrogens with one attached hydrogen (secondary N) is 1. The van der Waals surface area contributed by atoms with Crippen LogP contribution in [0.25, 0.3) is 0 Å². The van der Waals surface area contributed by atoms with E-state index in [-0.39, 0.29) is 11.7 Å². The first-order chi connectivity index (χ1) is 7.81. The van der Waals surface area contributed by atoms with Crippen LogP contribution in [0.15, 0.2) is 4.52 Å². The molecule has 1 aromatic rings. The van der Waals surface area contributed by atoms with E-state index in [2.05, 4.69) is 15.5 Å². The zero-order valence-electron chi connectivity index (χ0n) is 9.23. The van der Waals surface area contributed by atoms with Gasteiger partial charge >= 0.3 is 5.97 Å². The van der Waals surface area contributed by atoms with E-state index >= 15 is 0 Å². The van der Waals surface area contributed by atoms with Crippen molar-refractivity contribution < 1.29 is 14.1 Å². The van der Waals surface area contributed by atoms with Gasteiger partial charge in [-0.2, -0.15) is 4.98 Å². The molecule has 2 rings (SSSR count). The quantitative estimate of drug-likeness (QED) is 0.763. The van der Waals surface area contributed by atoms with Gasteiger partial charge in [-0.25, -0.2) is 4.79 Å². The summed E-state index contributed by atoms with van der Waals surface area (Å²) in [7, 11) is 0. The molecule has 6 heteroatoms. The summed E-state index contributed by atoms with van der Waals surface area (Å²) in [5.41, 5.74) is 0. The van der Waals surface area contributed by atoms with Crippen LogP contribution in [0.1, 0.15) is 42.2 Å². The van der Waals surface area contributed by atoms with Gasteiger partial charge < -0.3 is 14.6 Å². The van der Waals surface area contributed by atoms with Crippen LogP contribution in [0.2, 0.25) is 0 Å². The first-order valence-corrected chi connectivity index (χ1v) is 5.52. The molecule has 16 heavy (non-hydrogen) atoms. The fourth-order valence-electron chi connectivity index (χ4n) is 1.75. The third-order valence-electron chi connectivity index (χ3n) is 2.59. The maximum absolute atomic E-state index is 11.3. The largest absolute Gasteiger partial charge is 0.460 e. The minimum Gasteiger partial charge on any atom is -0.460 e. The molecule has 0 saturated carbocycles. The van der Waals surface area contributed by atoms with E-state index in [0.29, 0.717) is 12.5 Å². The average molecular weight is 225 g/mol. The van der Waals surface area contributed by atoms with E-state index in [1.165, 1.54) is 0 Å². The van der Waals surface area contributed by atoms with Gasteiger partial charge in [0.2, 0.25) is 5.89 Å². The Hall–Kier alpha value is -1.43. The van der Waals surface area contributed by atoms with Crippen molar-refractivity contribution in [2.24, 2.45) is 0 Å². The van der Waals surface area contributed by atoms with Crippen LogP contribution in [-0.4, -0.2) is 35.8 Å². The first-order valence-electron chi connectivity index (χ1n) is 5.52. The van der Waals surface area contributed by atoms with Gasteiger partial charge in [-0.3, -0.25) is 0 Å². The summed E-state index contributed by atoms with van der Waals surface area (Å²) in [6.45, 7) is 3.95. The fourth-order valence-corrected chi connectivity index (χ4v) is 1.75. The summed E-state index contributed by atoms with van der Waals surface area (Å²) < 4.78 is 9.87. The van der Waals surface area contributed by atoms with Gasteiger partial charge in [0.15, 0.2) is 0 Å². The van der Waals surface area contributed by atoms with E-state index in [0.717, 1.165) is 25.9 Å². The Bertz CT molecular complexity index is 358. The number of hydrogen-bond donors (Lipinski definition) is 1. The number of ether oxygens (including phenoxy) is 1. The summed E-state index contributed by atoms with van der Waals surface area (Å²) in [4.78, 5) is 15.4. The molecular formula is C10H15N3O3. The molecule has 1 aromatic heterocycles. The highest BCUT2D eigenvalue weighted by Crippen LogP contribution is 2.23. The molecule has 88 valence electrons. The van der Waals surface area contributed by atoms with Gasteiger partial charge in [0.05, 0.1) is 6.61 Å². The molecule has 6 nitrogen and oxygen atoms in total. The molecule has 1 aliphatic rings. The van der Waals surface area contributed by atoms with Gasteiger partial charge in [-0.15, -0.1) is 0 Å². The standard InChI is InChI=1S/C10H15N3O3/c1-2-15-10(14)8-12-9(16-13-8)7-3-5-11-6-4-7/h7,11H,2-6H2,1H3. The minimum absolute atomic E-state index is 0.0235. The molecule has 1 saturated heterocycles. The van der Waals surface area contributed by atoms with Crippen LogP contribution in [-0.2, 0) is 4.74 Å². The number of aromatic nitrogens is 2. The minimum atomic E-state index is -0.522. The smallest absolute Gasteiger partial charge is 0.379 e. The van der Waals surface area contributed by atoms with Gasteiger partial charge in [0.25, 0.3) is 5.82 Å². The van der Waals surface area contributed by atoms with Crippen LogP contribution < -0.4 is 5.32 Å². The topological polar surface area (TPSA) is 77.2 Å². The third kappa shape index (κ3) is 2.38. The molecule has 1 aliphatic heterocycles. The Morgan fingerprint density at radius 1 is 1.56 bits per heavy atom. The summed E-state index contributed by atoms with van der Waals surface area (Å²) >= 11 is 0. The monoisotopic (exact) mass is 225 g/mol. The zero-order chi connectivity index (χ0) is 11.4. The normalized spacial score (nSPS) is 17.3. The lowest BCUT2D eigenvalue weighted by Gasteiger charge is -2.18. The molecule has 0 aromatic carbocycles. The molecule has 0 atom stereocenters. The molecule has 0 radical (unpaired) electrons. The van der Waals surface area contributed by atoms with Crippen molar-refractivity contribution in [3.63, 3.8) is 0 Å². The second-order valence-corrected chi connectivity index (χ2v) is 3.70. The highest BCUT2D eigenvalue weighted by atomic mass is 16.5. The predicted molar refractivity (Wildman–Crippen MR) is 55.1 cm³/mol. The summed E-state index contributed by atoms with van der Waals surface area (Å²) in [5, 5.41) is 6.88. The van der Waals surface area contributed by atoms with E-state index < -0.39 is 5.97 Å². The van der Waals surface area contributed by atoms with Gasteiger partial charge in [-0.05, 0) is 38.0 Å². The Morgan fingerprint density at radius 3 is 3.00 bits per heavy atom. The molecule has 1 fully saturated rings. The van der Waals surface area contributed by atoms with Crippen molar-refractivity contribution in [3.8, 4) is 0 Å². The van der Waals surface area contributed by atoms with Gasteiger partial charge in [0, 0.05) is 5.92 Å². The summed E-state index contributed by atoms with van der Waals surface area (Å²) in [6, 6.07) is 0. The Balaban J connectivity index is 2.03. The molecule has 0 unspecified atom stereocenters. The van der Waals surface area contributed by atoms with Crippen molar-refractivity contribution in [2.45, 2.75) is 25.7 Å². The third-order valence-corrected chi connectivity index (χ3v) is 2.59. The number of carbonyl (C=O) groups excluding carboxylic acids is 1. The Kier molecular flexibility index (Phi) is 3.51. The van der Waals surface area contributed by atoms with Crippen molar-refractivity contribution in [1.82, 2.24) is 15.5 Å². The van der Waals surface area contributed by atoms with Crippen molar-refractivity contribution >= 4 is 5.97 Å². The number of rotatable bonds is 3. The Labute approximate surface area is 93.4 Å². The van der Waals surface area contributed by atoms with E-state index in [1.807, 2.05) is 0 Å². The van der Waals surface area contributed by atoms with Gasteiger partial charge in [0.1, 0.15) is 0 Å². The van der Waals surface area contributed by atoms with Gasteiger partial charge in [-0.1, -0.05) is 0 Å². The molecule has 2 heterocycles. The van der Waals surface area contributed by atoms with Crippen LogP contribution in [0, 0.1) is 0 Å². The number of piperidine rings is 1. The van der Waals surface area contributed by atoms with E-state index in [1.54, 1.807) is 6.92 Å². The molecule has 1 N–H and O–H groups in total. The average Bonchev–Trinajstić information content (AvgIpc) is 2.80. The van der Waals surface area contributed by atoms with Crippen molar-refractivity contribution in [1.29, 1.82) is 0 Å². The van der Waals surface area contributed by atoms with Crippen LogP contribution >= 0.6 is 0 Å². The van der Waals surface area contributed by atoms with Crippen LogP contribution in [0.4, 0.5) is 0 Å². The highest BCUT2D eigenvalue weighted by Gasteiger charge is 2.23. The van der Waals surface area contributed by atoms with Crippen molar-refractivity contribution in [2.75, 3.05) is 19.7 Å². The maximum atomic E-state index is 11.3. The lowest BCUT2D eigenvalue weighted by atomic mass is 9.98. The molecule has 0 spiro atoms. The lowest BCUT2D eigenvalue weighted by Crippen LogP contribution is -2.26. The second-order valence-electron chi connectivity index (χ2n) is 3.70. The first kappa shape index (κ1) is 11.1. The molecule has 0 aliphatic carbocycles. The molecule has 0 amide bonds. The van der Waals surface area contributed by atoms with E-state index in [4.69, 9.17) is 9.26 Å². The number of hydrogen-bond acceptors (Lipinski definition) is 6. The van der Waals surface area contributed by atoms with Crippen LogP contribution in [0.3, 0.4) is 0 Å². The fraction of sp³-hybridized carbons (Fsp3) is 0.700. The highest BCUT2D eigenvalue weighted by molar-refractivity contribution is 5.84. The molecule has 0 bridgehead atoms. The Morgan fingerprint density at radius 2 is 2.31 bits per heavy atom. The molecular weight excluding hydrogens is 210 g/mol. The van der Waals surface area contributed by atoms with Crippen LogP contribution in [0.5, 0.6) is 0 Å². The predicted octanol–water partition coefficient (Wildman–Crippen LogP) is 0.713. The second kappa shape index (κ2) is 5.07. The maximum Gasteiger partial charge on any atom is 0.379 e. The lowest BCUT2D eigenvalue weighted by molar-refractivity contribution is 0.0508. The number of carbonyl (C=O) groups is 1. The van der Waals surface area contributed by atoms with Crippen molar-refractivity contribution in [3.05, 3.63) is 11.7 Å². The summed E-state index contributed by atoms with van der Waals surface area (Å²) in [5.74, 6) is 0.309. The van der Waals surface area contributed by atoms with E-state index in [9.17, 15) is 4.79 Å².